The third-order valence-electron chi connectivity index (χ3n) is 3.08. The summed E-state index contributed by atoms with van der Waals surface area (Å²) in [6.07, 6.45) is 9.58. The van der Waals surface area contributed by atoms with Gasteiger partial charge in [-0.15, -0.1) is 0 Å². The number of carboxylic acid groups (broad SMARTS) is 1. The van der Waals surface area contributed by atoms with Gasteiger partial charge in [-0.2, -0.15) is 5.10 Å². The van der Waals surface area contributed by atoms with Gasteiger partial charge in [-0.1, -0.05) is 24.3 Å². The van der Waals surface area contributed by atoms with Crippen LogP contribution < -0.4 is 0 Å². The molecule has 3 rings (SSSR count). The number of carbonyl (C=O) groups is 1. The van der Waals surface area contributed by atoms with E-state index in [1.807, 2.05) is 30.4 Å². The Balaban J connectivity index is 2.30. The topological polar surface area (TPSA) is 54.6 Å². The highest BCUT2D eigenvalue weighted by atomic mass is 16.4. The standard InChI is InChI=1S/C14H12N2O2/c17-14(18)13-12(10-6-2-1-3-7-10)11-8-4-5-9-16(11)15-13/h1-2,4-6,8-9H,3,7H2,(H,17,18). The number of aromatic carboxylic acids is 1. The van der Waals surface area contributed by atoms with Crippen molar-refractivity contribution in [2.24, 2.45) is 0 Å². The number of rotatable bonds is 2. The molecule has 0 aromatic carbocycles. The molecular formula is C14H12N2O2. The minimum absolute atomic E-state index is 0.128. The fourth-order valence-electron chi connectivity index (χ4n) is 2.28. The van der Waals surface area contributed by atoms with Gasteiger partial charge in [0.15, 0.2) is 5.69 Å². The maximum absolute atomic E-state index is 11.3. The number of nitrogens with zero attached hydrogens (tertiary/aromatic N) is 2. The average molecular weight is 240 g/mol. The van der Waals surface area contributed by atoms with Crippen molar-refractivity contribution < 1.29 is 9.90 Å². The number of hydrogen-bond donors (Lipinski definition) is 1. The van der Waals surface area contributed by atoms with Gasteiger partial charge in [0, 0.05) is 11.8 Å². The summed E-state index contributed by atoms with van der Waals surface area (Å²) in [5.74, 6) is -0.982. The minimum atomic E-state index is -0.982. The molecule has 0 atom stereocenters. The van der Waals surface area contributed by atoms with E-state index < -0.39 is 5.97 Å². The average Bonchev–Trinajstić information content (AvgIpc) is 2.79. The zero-order chi connectivity index (χ0) is 12.5. The van der Waals surface area contributed by atoms with Crippen LogP contribution in [-0.4, -0.2) is 20.7 Å². The van der Waals surface area contributed by atoms with Gasteiger partial charge in [0.1, 0.15) is 0 Å². The van der Waals surface area contributed by atoms with E-state index in [4.69, 9.17) is 0 Å². The van der Waals surface area contributed by atoms with Gasteiger partial charge in [-0.3, -0.25) is 0 Å². The Bertz CT molecular complexity index is 680. The van der Waals surface area contributed by atoms with Gasteiger partial charge in [0.05, 0.1) is 5.52 Å². The first-order valence-electron chi connectivity index (χ1n) is 5.84. The summed E-state index contributed by atoms with van der Waals surface area (Å²) in [6.45, 7) is 0. The second-order valence-corrected chi connectivity index (χ2v) is 4.22. The number of hydrogen-bond acceptors (Lipinski definition) is 2. The van der Waals surface area contributed by atoms with Crippen LogP contribution in [0.3, 0.4) is 0 Å². The summed E-state index contributed by atoms with van der Waals surface area (Å²) in [4.78, 5) is 11.3. The lowest BCUT2D eigenvalue weighted by Crippen LogP contribution is -2.02. The number of allylic oxidation sites excluding steroid dienone is 4. The van der Waals surface area contributed by atoms with Crippen LogP contribution in [0.2, 0.25) is 0 Å². The molecule has 1 aliphatic carbocycles. The second-order valence-electron chi connectivity index (χ2n) is 4.22. The molecule has 0 amide bonds. The molecule has 0 unspecified atom stereocenters. The summed E-state index contributed by atoms with van der Waals surface area (Å²) in [6, 6.07) is 5.63. The molecule has 90 valence electrons. The quantitative estimate of drug-likeness (QED) is 0.878. The minimum Gasteiger partial charge on any atom is -0.476 e. The molecule has 2 aromatic rings. The summed E-state index contributed by atoms with van der Waals surface area (Å²) >= 11 is 0. The SMILES string of the molecule is O=C(O)c1nn2ccccc2c1C1=CC=CCC1. The van der Waals surface area contributed by atoms with Gasteiger partial charge < -0.3 is 5.11 Å². The van der Waals surface area contributed by atoms with Crippen LogP contribution >= 0.6 is 0 Å². The van der Waals surface area contributed by atoms with Gasteiger partial charge in [-0.05, 0) is 30.5 Å². The third kappa shape index (κ3) is 1.62. The molecular weight excluding hydrogens is 228 g/mol. The van der Waals surface area contributed by atoms with Crippen LogP contribution in [0.25, 0.3) is 11.1 Å². The van der Waals surface area contributed by atoms with Crippen molar-refractivity contribution in [3.05, 3.63) is 53.9 Å². The van der Waals surface area contributed by atoms with Crippen LogP contribution in [0, 0.1) is 0 Å². The fourth-order valence-corrected chi connectivity index (χ4v) is 2.28. The second kappa shape index (κ2) is 4.14. The Morgan fingerprint density at radius 1 is 1.39 bits per heavy atom. The molecule has 0 saturated carbocycles. The first-order chi connectivity index (χ1) is 8.77. The first kappa shape index (κ1) is 10.8. The Morgan fingerprint density at radius 2 is 2.28 bits per heavy atom. The number of fused-ring (bicyclic) bond motifs is 1. The van der Waals surface area contributed by atoms with Crippen LogP contribution in [0.5, 0.6) is 0 Å². The Kier molecular flexibility index (Phi) is 2.48. The Labute approximate surface area is 104 Å². The molecule has 4 nitrogen and oxygen atoms in total. The van der Waals surface area contributed by atoms with E-state index in [9.17, 15) is 9.90 Å². The maximum atomic E-state index is 11.3. The summed E-state index contributed by atoms with van der Waals surface area (Å²) in [5, 5.41) is 13.4. The molecule has 0 fully saturated rings. The van der Waals surface area contributed by atoms with Crippen molar-refractivity contribution in [1.29, 1.82) is 0 Å². The van der Waals surface area contributed by atoms with Crippen molar-refractivity contribution in [2.45, 2.75) is 12.8 Å². The molecule has 1 aliphatic rings. The van der Waals surface area contributed by atoms with Gasteiger partial charge in [0.25, 0.3) is 0 Å². The smallest absolute Gasteiger partial charge is 0.357 e. The molecule has 2 heterocycles. The van der Waals surface area contributed by atoms with E-state index >= 15 is 0 Å². The third-order valence-corrected chi connectivity index (χ3v) is 3.08. The molecule has 2 aromatic heterocycles. The lowest BCUT2D eigenvalue weighted by atomic mass is 9.96. The molecule has 0 aliphatic heterocycles. The monoisotopic (exact) mass is 240 g/mol. The molecule has 0 radical (unpaired) electrons. The Hall–Kier alpha value is -2.36. The van der Waals surface area contributed by atoms with Crippen LogP contribution in [0.1, 0.15) is 28.9 Å². The largest absolute Gasteiger partial charge is 0.476 e. The number of carboxylic acids is 1. The predicted octanol–water partition coefficient (Wildman–Crippen LogP) is 2.77. The lowest BCUT2D eigenvalue weighted by molar-refractivity contribution is 0.0689. The van der Waals surface area contributed by atoms with E-state index in [2.05, 4.69) is 11.2 Å². The molecule has 0 saturated heterocycles. The molecule has 18 heavy (non-hydrogen) atoms. The zero-order valence-corrected chi connectivity index (χ0v) is 9.71. The van der Waals surface area contributed by atoms with Gasteiger partial charge >= 0.3 is 5.97 Å². The number of aromatic nitrogens is 2. The molecule has 4 heteroatoms. The highest BCUT2D eigenvalue weighted by Crippen LogP contribution is 2.29. The van der Waals surface area contributed by atoms with E-state index in [1.54, 1.807) is 10.7 Å². The maximum Gasteiger partial charge on any atom is 0.357 e. The lowest BCUT2D eigenvalue weighted by Gasteiger charge is -2.08. The van der Waals surface area contributed by atoms with E-state index in [0.29, 0.717) is 0 Å². The van der Waals surface area contributed by atoms with E-state index in [1.165, 1.54) is 0 Å². The molecule has 0 spiro atoms. The normalized spacial score (nSPS) is 14.8. The van der Waals surface area contributed by atoms with Gasteiger partial charge in [-0.25, -0.2) is 9.31 Å². The highest BCUT2D eigenvalue weighted by molar-refractivity contribution is 5.97. The van der Waals surface area contributed by atoms with E-state index in [-0.39, 0.29) is 5.69 Å². The van der Waals surface area contributed by atoms with Gasteiger partial charge in [0.2, 0.25) is 0 Å². The first-order valence-corrected chi connectivity index (χ1v) is 5.84. The van der Waals surface area contributed by atoms with Crippen molar-refractivity contribution in [1.82, 2.24) is 9.61 Å². The van der Waals surface area contributed by atoms with Crippen LogP contribution in [0.15, 0.2) is 42.6 Å². The van der Waals surface area contributed by atoms with Crippen LogP contribution in [-0.2, 0) is 0 Å². The fraction of sp³-hybridized carbons (Fsp3) is 0.143. The molecule has 1 N–H and O–H groups in total. The van der Waals surface area contributed by atoms with Crippen LogP contribution in [0.4, 0.5) is 0 Å². The molecule has 0 bridgehead atoms. The van der Waals surface area contributed by atoms with E-state index in [0.717, 1.165) is 29.5 Å². The zero-order valence-electron chi connectivity index (χ0n) is 9.71. The summed E-state index contributed by atoms with van der Waals surface area (Å²) in [7, 11) is 0. The van der Waals surface area contributed by atoms with Crippen molar-refractivity contribution >= 4 is 17.1 Å². The van der Waals surface area contributed by atoms with Crippen molar-refractivity contribution in [3.8, 4) is 0 Å². The highest BCUT2D eigenvalue weighted by Gasteiger charge is 2.21. The van der Waals surface area contributed by atoms with Crippen molar-refractivity contribution in [3.63, 3.8) is 0 Å². The Morgan fingerprint density at radius 3 is 3.00 bits per heavy atom. The van der Waals surface area contributed by atoms with Crippen molar-refractivity contribution in [2.75, 3.05) is 0 Å². The predicted molar refractivity (Wildman–Crippen MR) is 68.5 cm³/mol. The summed E-state index contributed by atoms with van der Waals surface area (Å²) < 4.78 is 1.62. The summed E-state index contributed by atoms with van der Waals surface area (Å²) in [5.41, 5.74) is 2.75. The number of pyridine rings is 1.